The number of carboxylic acids is 1. The van der Waals surface area contributed by atoms with Crippen LogP contribution in [0.1, 0.15) is 26.2 Å². The average molecular weight is 214 g/mol. The van der Waals surface area contributed by atoms with Gasteiger partial charge in [-0.1, -0.05) is 6.92 Å². The molecule has 3 N–H and O–H groups in total. The van der Waals surface area contributed by atoms with E-state index in [9.17, 15) is 9.59 Å². The Bertz CT molecular complexity index is 249. The summed E-state index contributed by atoms with van der Waals surface area (Å²) >= 11 is 0. The van der Waals surface area contributed by atoms with E-state index in [2.05, 4.69) is 10.6 Å². The topological polar surface area (TPSA) is 78.4 Å². The first-order valence-electron chi connectivity index (χ1n) is 5.31. The van der Waals surface area contributed by atoms with E-state index in [1.54, 1.807) is 0 Å². The molecule has 15 heavy (non-hydrogen) atoms. The number of rotatable bonds is 7. The standard InChI is InChI=1S/C10H18N2O3/c1-2-11-6-3-8(13)12-7-10(4-5-10)9(14)15/h11H,2-7H2,1H3,(H,12,13)(H,14,15). The molecule has 1 aliphatic carbocycles. The van der Waals surface area contributed by atoms with Crippen LogP contribution in [-0.4, -0.2) is 36.6 Å². The van der Waals surface area contributed by atoms with E-state index >= 15 is 0 Å². The van der Waals surface area contributed by atoms with Crippen LogP contribution >= 0.6 is 0 Å². The minimum absolute atomic E-state index is 0.0801. The van der Waals surface area contributed by atoms with Crippen LogP contribution in [0.4, 0.5) is 0 Å². The Kier molecular flexibility index (Phi) is 4.08. The molecule has 5 nitrogen and oxygen atoms in total. The molecule has 0 bridgehead atoms. The average Bonchev–Trinajstić information content (AvgIpc) is 2.96. The molecule has 1 aliphatic rings. The summed E-state index contributed by atoms with van der Waals surface area (Å²) in [6, 6.07) is 0. The molecule has 1 saturated carbocycles. The third kappa shape index (κ3) is 3.51. The molecule has 0 atom stereocenters. The number of hydrogen-bond acceptors (Lipinski definition) is 3. The van der Waals surface area contributed by atoms with Gasteiger partial charge in [-0.15, -0.1) is 0 Å². The van der Waals surface area contributed by atoms with Gasteiger partial charge in [0.25, 0.3) is 0 Å². The maximum atomic E-state index is 11.3. The summed E-state index contributed by atoms with van der Waals surface area (Å²) in [5.74, 6) is -0.877. The van der Waals surface area contributed by atoms with Crippen LogP contribution in [-0.2, 0) is 9.59 Å². The molecular weight excluding hydrogens is 196 g/mol. The molecule has 0 unspecified atom stereocenters. The fourth-order valence-corrected chi connectivity index (χ4v) is 1.35. The third-order valence-electron chi connectivity index (χ3n) is 2.71. The number of carbonyl (C=O) groups excluding carboxylic acids is 1. The molecule has 1 rings (SSSR count). The van der Waals surface area contributed by atoms with Crippen LogP contribution in [0.15, 0.2) is 0 Å². The first kappa shape index (κ1) is 12.0. The van der Waals surface area contributed by atoms with Crippen LogP contribution in [0.3, 0.4) is 0 Å². The van der Waals surface area contributed by atoms with Crippen LogP contribution in [0.2, 0.25) is 0 Å². The Morgan fingerprint density at radius 2 is 2.07 bits per heavy atom. The van der Waals surface area contributed by atoms with Gasteiger partial charge in [-0.3, -0.25) is 9.59 Å². The molecule has 0 spiro atoms. The lowest BCUT2D eigenvalue weighted by Gasteiger charge is -2.10. The molecule has 0 saturated heterocycles. The van der Waals surface area contributed by atoms with Crippen molar-refractivity contribution in [1.82, 2.24) is 10.6 Å². The maximum absolute atomic E-state index is 11.3. The van der Waals surface area contributed by atoms with Gasteiger partial charge < -0.3 is 15.7 Å². The number of aliphatic carboxylic acids is 1. The zero-order valence-electron chi connectivity index (χ0n) is 9.01. The second kappa shape index (κ2) is 5.11. The van der Waals surface area contributed by atoms with Crippen molar-refractivity contribution in [1.29, 1.82) is 0 Å². The Morgan fingerprint density at radius 3 is 2.53 bits per heavy atom. The maximum Gasteiger partial charge on any atom is 0.311 e. The highest BCUT2D eigenvalue weighted by Crippen LogP contribution is 2.45. The van der Waals surface area contributed by atoms with Crippen molar-refractivity contribution < 1.29 is 14.7 Å². The van der Waals surface area contributed by atoms with Crippen molar-refractivity contribution >= 4 is 11.9 Å². The van der Waals surface area contributed by atoms with Crippen molar-refractivity contribution in [3.63, 3.8) is 0 Å². The number of hydrogen-bond donors (Lipinski definition) is 3. The highest BCUT2D eigenvalue weighted by molar-refractivity contribution is 5.80. The quantitative estimate of drug-likeness (QED) is 0.520. The number of nitrogens with one attached hydrogen (secondary N) is 2. The zero-order valence-corrected chi connectivity index (χ0v) is 9.01. The minimum atomic E-state index is -0.797. The van der Waals surface area contributed by atoms with E-state index in [-0.39, 0.29) is 12.5 Å². The normalized spacial score (nSPS) is 17.1. The van der Waals surface area contributed by atoms with Gasteiger partial charge in [0.2, 0.25) is 5.91 Å². The van der Waals surface area contributed by atoms with Gasteiger partial charge in [0.1, 0.15) is 0 Å². The zero-order chi connectivity index (χ0) is 11.3. The SMILES string of the molecule is CCNCCC(=O)NCC1(C(=O)O)CC1. The molecule has 1 amide bonds. The first-order chi connectivity index (χ1) is 7.10. The summed E-state index contributed by atoms with van der Waals surface area (Å²) < 4.78 is 0. The summed E-state index contributed by atoms with van der Waals surface area (Å²) in [6.07, 6.45) is 1.76. The van der Waals surface area contributed by atoms with Crippen molar-refractivity contribution in [3.8, 4) is 0 Å². The van der Waals surface area contributed by atoms with Crippen molar-refractivity contribution in [2.45, 2.75) is 26.2 Å². The lowest BCUT2D eigenvalue weighted by Crippen LogP contribution is -2.35. The summed E-state index contributed by atoms with van der Waals surface area (Å²) in [5, 5.41) is 14.6. The van der Waals surface area contributed by atoms with Crippen LogP contribution in [0.5, 0.6) is 0 Å². The molecule has 0 aromatic carbocycles. The smallest absolute Gasteiger partial charge is 0.311 e. The van der Waals surface area contributed by atoms with E-state index in [1.807, 2.05) is 6.92 Å². The summed E-state index contributed by atoms with van der Waals surface area (Å²) in [7, 11) is 0. The van der Waals surface area contributed by atoms with Gasteiger partial charge >= 0.3 is 5.97 Å². The van der Waals surface area contributed by atoms with Gasteiger partial charge in [-0.2, -0.15) is 0 Å². The second-order valence-corrected chi connectivity index (χ2v) is 3.97. The first-order valence-corrected chi connectivity index (χ1v) is 5.31. The Morgan fingerprint density at radius 1 is 1.40 bits per heavy atom. The van der Waals surface area contributed by atoms with Gasteiger partial charge in [-0.05, 0) is 19.4 Å². The molecule has 5 heteroatoms. The lowest BCUT2D eigenvalue weighted by atomic mass is 10.1. The number of amides is 1. The van der Waals surface area contributed by atoms with Crippen molar-refractivity contribution in [3.05, 3.63) is 0 Å². The fraction of sp³-hybridized carbons (Fsp3) is 0.800. The predicted molar refractivity (Wildman–Crippen MR) is 55.5 cm³/mol. The van der Waals surface area contributed by atoms with Gasteiger partial charge in [0.05, 0.1) is 5.41 Å². The molecule has 0 aromatic rings. The fourth-order valence-electron chi connectivity index (χ4n) is 1.35. The highest BCUT2D eigenvalue weighted by Gasteiger charge is 2.50. The Balaban J connectivity index is 2.14. The van der Waals surface area contributed by atoms with Crippen LogP contribution < -0.4 is 10.6 Å². The third-order valence-corrected chi connectivity index (χ3v) is 2.71. The lowest BCUT2D eigenvalue weighted by molar-refractivity contribution is -0.143. The van der Waals surface area contributed by atoms with E-state index < -0.39 is 11.4 Å². The molecule has 0 aliphatic heterocycles. The van der Waals surface area contributed by atoms with E-state index in [4.69, 9.17) is 5.11 Å². The Hall–Kier alpha value is -1.10. The van der Waals surface area contributed by atoms with E-state index in [1.165, 1.54) is 0 Å². The minimum Gasteiger partial charge on any atom is -0.481 e. The molecule has 0 aromatic heterocycles. The highest BCUT2D eigenvalue weighted by atomic mass is 16.4. The van der Waals surface area contributed by atoms with Gasteiger partial charge in [0.15, 0.2) is 0 Å². The predicted octanol–water partition coefficient (Wildman–Crippen LogP) is -0.0330. The molecule has 0 heterocycles. The second-order valence-electron chi connectivity index (χ2n) is 3.97. The number of carbonyl (C=O) groups is 2. The summed E-state index contributed by atoms with van der Waals surface area (Å²) in [4.78, 5) is 22.1. The molecular formula is C10H18N2O3. The van der Waals surface area contributed by atoms with Gasteiger partial charge in [-0.25, -0.2) is 0 Å². The van der Waals surface area contributed by atoms with Crippen molar-refractivity contribution in [2.75, 3.05) is 19.6 Å². The summed E-state index contributed by atoms with van der Waals surface area (Å²) in [6.45, 7) is 3.73. The van der Waals surface area contributed by atoms with Crippen molar-refractivity contribution in [2.24, 2.45) is 5.41 Å². The van der Waals surface area contributed by atoms with E-state index in [0.717, 1.165) is 6.54 Å². The summed E-state index contributed by atoms with van der Waals surface area (Å²) in [5.41, 5.74) is -0.659. The monoisotopic (exact) mass is 214 g/mol. The molecule has 0 radical (unpaired) electrons. The number of carboxylic acid groups (broad SMARTS) is 1. The van der Waals surface area contributed by atoms with Crippen LogP contribution in [0, 0.1) is 5.41 Å². The largest absolute Gasteiger partial charge is 0.481 e. The van der Waals surface area contributed by atoms with Gasteiger partial charge in [0, 0.05) is 19.5 Å². The molecule has 86 valence electrons. The van der Waals surface area contributed by atoms with Crippen LogP contribution in [0.25, 0.3) is 0 Å². The Labute approximate surface area is 89.2 Å². The molecule has 1 fully saturated rings. The van der Waals surface area contributed by atoms with E-state index in [0.29, 0.717) is 25.8 Å².